The zero-order valence-corrected chi connectivity index (χ0v) is 16.8. The van der Waals surface area contributed by atoms with E-state index in [1.807, 2.05) is 39.9 Å². The van der Waals surface area contributed by atoms with E-state index in [9.17, 15) is 14.0 Å². The lowest BCUT2D eigenvalue weighted by atomic mass is 10.1. The SMILES string of the molecule is CC(=O)c1ccc(N2CCN(C(=O)c3cccn3Cc3cccnc3)CC2)c(F)c1. The number of Topliss-reactive ketones (excluding diaryl/α,β-unsaturated/α-hetero) is 1. The Morgan fingerprint density at radius 2 is 1.87 bits per heavy atom. The summed E-state index contributed by atoms with van der Waals surface area (Å²) in [6, 6.07) is 12.1. The van der Waals surface area contributed by atoms with E-state index in [4.69, 9.17) is 0 Å². The standard InChI is InChI=1S/C23H23FN4O2/c1-17(29)19-6-7-21(20(24)14-19)26-10-12-27(13-11-26)23(30)22-5-3-9-28(22)16-18-4-2-8-25-15-18/h2-9,14-15H,10-13,16H2,1H3. The molecule has 0 spiro atoms. The quantitative estimate of drug-likeness (QED) is 0.611. The Morgan fingerprint density at radius 3 is 2.53 bits per heavy atom. The first-order chi connectivity index (χ1) is 14.5. The van der Waals surface area contributed by atoms with Crippen molar-refractivity contribution in [3.63, 3.8) is 0 Å². The van der Waals surface area contributed by atoms with Crippen LogP contribution >= 0.6 is 0 Å². The number of hydrogen-bond acceptors (Lipinski definition) is 4. The molecule has 0 saturated carbocycles. The number of anilines is 1. The molecule has 0 aliphatic carbocycles. The van der Waals surface area contributed by atoms with Crippen LogP contribution in [0.1, 0.15) is 33.3 Å². The molecule has 4 rings (SSSR count). The smallest absolute Gasteiger partial charge is 0.270 e. The number of carbonyl (C=O) groups excluding carboxylic acids is 2. The molecule has 1 aliphatic rings. The number of amides is 1. The van der Waals surface area contributed by atoms with Crippen molar-refractivity contribution in [2.45, 2.75) is 13.5 Å². The van der Waals surface area contributed by atoms with E-state index >= 15 is 0 Å². The number of nitrogens with zero attached hydrogens (tertiary/aromatic N) is 4. The van der Waals surface area contributed by atoms with Crippen LogP contribution in [0.3, 0.4) is 0 Å². The normalized spacial score (nSPS) is 14.1. The highest BCUT2D eigenvalue weighted by Crippen LogP contribution is 2.23. The first kappa shape index (κ1) is 19.8. The second-order valence-corrected chi connectivity index (χ2v) is 7.38. The van der Waals surface area contributed by atoms with Gasteiger partial charge in [-0.25, -0.2) is 4.39 Å². The molecule has 30 heavy (non-hydrogen) atoms. The number of halogens is 1. The molecule has 0 radical (unpaired) electrons. The Labute approximate surface area is 174 Å². The summed E-state index contributed by atoms with van der Waals surface area (Å²) in [6.45, 7) is 4.07. The van der Waals surface area contributed by atoms with Crippen molar-refractivity contribution in [3.05, 3.63) is 83.7 Å². The molecule has 154 valence electrons. The van der Waals surface area contributed by atoms with Crippen molar-refractivity contribution in [2.75, 3.05) is 31.1 Å². The third-order valence-corrected chi connectivity index (χ3v) is 5.39. The van der Waals surface area contributed by atoms with Crippen molar-refractivity contribution in [1.82, 2.24) is 14.5 Å². The van der Waals surface area contributed by atoms with Gasteiger partial charge in [0.2, 0.25) is 0 Å². The molecule has 1 aromatic carbocycles. The van der Waals surface area contributed by atoms with E-state index in [0.717, 1.165) is 5.56 Å². The fourth-order valence-corrected chi connectivity index (χ4v) is 3.73. The summed E-state index contributed by atoms with van der Waals surface area (Å²) in [5.74, 6) is -0.603. The summed E-state index contributed by atoms with van der Waals surface area (Å²) in [4.78, 5) is 32.3. The van der Waals surface area contributed by atoms with E-state index in [0.29, 0.717) is 49.7 Å². The van der Waals surface area contributed by atoms with Crippen LogP contribution in [0.5, 0.6) is 0 Å². The number of carbonyl (C=O) groups is 2. The lowest BCUT2D eigenvalue weighted by molar-refractivity contribution is 0.0736. The molecule has 3 aromatic rings. The summed E-state index contributed by atoms with van der Waals surface area (Å²) < 4.78 is 16.4. The molecule has 1 fully saturated rings. The summed E-state index contributed by atoms with van der Waals surface area (Å²) in [6.07, 6.45) is 5.41. The van der Waals surface area contributed by atoms with Gasteiger partial charge in [-0.1, -0.05) is 6.07 Å². The third kappa shape index (κ3) is 4.10. The van der Waals surface area contributed by atoms with E-state index in [1.54, 1.807) is 29.4 Å². The maximum Gasteiger partial charge on any atom is 0.270 e. The molecule has 1 amide bonds. The van der Waals surface area contributed by atoms with E-state index < -0.39 is 5.82 Å². The van der Waals surface area contributed by atoms with E-state index in [1.165, 1.54) is 13.0 Å². The van der Waals surface area contributed by atoms with Gasteiger partial charge in [0.05, 0.1) is 5.69 Å². The third-order valence-electron chi connectivity index (χ3n) is 5.39. The zero-order chi connectivity index (χ0) is 21.1. The van der Waals surface area contributed by atoms with Gasteiger partial charge in [0.25, 0.3) is 5.91 Å². The van der Waals surface area contributed by atoms with E-state index in [2.05, 4.69) is 4.98 Å². The average molecular weight is 406 g/mol. The Morgan fingerprint density at radius 1 is 1.07 bits per heavy atom. The molecule has 1 saturated heterocycles. The van der Waals surface area contributed by atoms with Crippen LogP contribution in [0.2, 0.25) is 0 Å². The van der Waals surface area contributed by atoms with Crippen LogP contribution in [0.15, 0.2) is 61.1 Å². The van der Waals surface area contributed by atoms with Crippen molar-refractivity contribution in [2.24, 2.45) is 0 Å². The monoisotopic (exact) mass is 406 g/mol. The minimum Gasteiger partial charge on any atom is -0.366 e. The van der Waals surface area contributed by atoms with Gasteiger partial charge in [-0.05, 0) is 48.9 Å². The predicted molar refractivity (Wildman–Crippen MR) is 112 cm³/mol. The Kier molecular flexibility index (Phi) is 5.61. The maximum atomic E-state index is 14.5. The number of aromatic nitrogens is 2. The Hall–Kier alpha value is -3.48. The van der Waals surface area contributed by atoms with Crippen LogP contribution in [0.4, 0.5) is 10.1 Å². The van der Waals surface area contributed by atoms with Gasteiger partial charge in [-0.2, -0.15) is 0 Å². The van der Waals surface area contributed by atoms with Crippen molar-refractivity contribution >= 4 is 17.4 Å². The second kappa shape index (κ2) is 8.49. The molecule has 3 heterocycles. The number of pyridine rings is 1. The van der Waals surface area contributed by atoms with Crippen LogP contribution in [0.25, 0.3) is 0 Å². The van der Waals surface area contributed by atoms with Gasteiger partial charge in [-0.3, -0.25) is 14.6 Å². The maximum absolute atomic E-state index is 14.5. The highest BCUT2D eigenvalue weighted by Gasteiger charge is 2.25. The topological polar surface area (TPSA) is 58.4 Å². The van der Waals surface area contributed by atoms with Gasteiger partial charge in [-0.15, -0.1) is 0 Å². The molecular formula is C23H23FN4O2. The molecule has 0 atom stereocenters. The molecular weight excluding hydrogens is 383 g/mol. The first-order valence-electron chi connectivity index (χ1n) is 9.91. The van der Waals surface area contributed by atoms with Crippen molar-refractivity contribution in [1.29, 1.82) is 0 Å². The lowest BCUT2D eigenvalue weighted by Gasteiger charge is -2.36. The molecule has 0 N–H and O–H groups in total. The Balaban J connectivity index is 1.42. The zero-order valence-electron chi connectivity index (χ0n) is 16.8. The van der Waals surface area contributed by atoms with Gasteiger partial charge in [0.1, 0.15) is 11.5 Å². The number of hydrogen-bond donors (Lipinski definition) is 0. The highest BCUT2D eigenvalue weighted by atomic mass is 19.1. The molecule has 6 nitrogen and oxygen atoms in total. The molecule has 0 unspecified atom stereocenters. The molecule has 1 aliphatic heterocycles. The van der Waals surface area contributed by atoms with Crippen LogP contribution in [-0.4, -0.2) is 52.3 Å². The summed E-state index contributed by atoms with van der Waals surface area (Å²) in [7, 11) is 0. The average Bonchev–Trinajstić information content (AvgIpc) is 3.22. The molecule has 7 heteroatoms. The van der Waals surface area contributed by atoms with Crippen LogP contribution < -0.4 is 4.90 Å². The minimum absolute atomic E-state index is 0.0315. The van der Waals surface area contributed by atoms with Gasteiger partial charge < -0.3 is 14.4 Å². The minimum atomic E-state index is -0.409. The fraction of sp³-hybridized carbons (Fsp3) is 0.261. The number of benzene rings is 1. The Bertz CT molecular complexity index is 1060. The summed E-state index contributed by atoms with van der Waals surface area (Å²) in [5.41, 5.74) is 2.48. The number of piperazine rings is 1. The fourth-order valence-electron chi connectivity index (χ4n) is 3.73. The van der Waals surface area contributed by atoms with Crippen LogP contribution in [-0.2, 0) is 6.54 Å². The van der Waals surface area contributed by atoms with Crippen molar-refractivity contribution < 1.29 is 14.0 Å². The summed E-state index contributed by atoms with van der Waals surface area (Å²) >= 11 is 0. The second-order valence-electron chi connectivity index (χ2n) is 7.38. The number of ketones is 1. The highest BCUT2D eigenvalue weighted by molar-refractivity contribution is 5.94. The van der Waals surface area contributed by atoms with Gasteiger partial charge >= 0.3 is 0 Å². The van der Waals surface area contributed by atoms with E-state index in [-0.39, 0.29) is 11.7 Å². The van der Waals surface area contributed by atoms with Gasteiger partial charge in [0, 0.05) is 56.9 Å². The molecule has 0 bridgehead atoms. The predicted octanol–water partition coefficient (Wildman–Crippen LogP) is 3.24. The van der Waals surface area contributed by atoms with Crippen molar-refractivity contribution in [3.8, 4) is 0 Å². The van der Waals surface area contributed by atoms with Gasteiger partial charge in [0.15, 0.2) is 5.78 Å². The molecule has 2 aromatic heterocycles. The summed E-state index contributed by atoms with van der Waals surface area (Å²) in [5, 5.41) is 0. The largest absolute Gasteiger partial charge is 0.366 e. The van der Waals surface area contributed by atoms with Crippen LogP contribution in [0, 0.1) is 5.82 Å². The lowest BCUT2D eigenvalue weighted by Crippen LogP contribution is -2.49. The number of rotatable bonds is 5. The first-order valence-corrected chi connectivity index (χ1v) is 9.91.